The number of hydrogen-bond acceptors (Lipinski definition) is 4. The van der Waals surface area contributed by atoms with Crippen LogP contribution in [0.3, 0.4) is 0 Å². The SMILES string of the molecule is O=C(Nc1cc2c(cc1Cl)COC2)C1CCN(S(=O)(=O)c2ccccc2C(F)(F)F)CC1. The molecular weight excluding hydrogens is 469 g/mol. The highest BCUT2D eigenvalue weighted by atomic mass is 35.5. The molecule has 0 aliphatic carbocycles. The fourth-order valence-corrected chi connectivity index (χ4v) is 5.87. The largest absolute Gasteiger partial charge is 0.417 e. The summed E-state index contributed by atoms with van der Waals surface area (Å²) in [6.07, 6.45) is -4.42. The van der Waals surface area contributed by atoms with Gasteiger partial charge in [-0.15, -0.1) is 0 Å². The van der Waals surface area contributed by atoms with E-state index in [0.717, 1.165) is 33.6 Å². The number of anilines is 1. The van der Waals surface area contributed by atoms with Gasteiger partial charge < -0.3 is 10.1 Å². The van der Waals surface area contributed by atoms with Gasteiger partial charge in [-0.05, 0) is 48.2 Å². The van der Waals surface area contributed by atoms with Crippen molar-refractivity contribution in [3.05, 3.63) is 58.1 Å². The number of amides is 1. The number of fused-ring (bicyclic) bond motifs is 1. The number of alkyl halides is 3. The van der Waals surface area contributed by atoms with Crippen LogP contribution in [-0.4, -0.2) is 31.7 Å². The second-order valence-electron chi connectivity index (χ2n) is 7.76. The van der Waals surface area contributed by atoms with E-state index in [2.05, 4.69) is 5.32 Å². The van der Waals surface area contributed by atoms with Crippen molar-refractivity contribution >= 4 is 33.2 Å². The van der Waals surface area contributed by atoms with Gasteiger partial charge in [0, 0.05) is 19.0 Å². The lowest BCUT2D eigenvalue weighted by molar-refractivity contribution is -0.139. The van der Waals surface area contributed by atoms with Crippen molar-refractivity contribution in [2.75, 3.05) is 18.4 Å². The molecule has 2 aliphatic rings. The molecule has 6 nitrogen and oxygen atoms in total. The molecule has 32 heavy (non-hydrogen) atoms. The Kier molecular flexibility index (Phi) is 6.23. The van der Waals surface area contributed by atoms with Crippen molar-refractivity contribution in [2.24, 2.45) is 5.92 Å². The quantitative estimate of drug-likeness (QED) is 0.691. The zero-order valence-electron chi connectivity index (χ0n) is 16.8. The van der Waals surface area contributed by atoms with Crippen molar-refractivity contribution in [2.45, 2.75) is 37.1 Å². The predicted molar refractivity (Wildman–Crippen MR) is 112 cm³/mol. The lowest BCUT2D eigenvalue weighted by Gasteiger charge is -2.31. The van der Waals surface area contributed by atoms with Gasteiger partial charge in [0.25, 0.3) is 0 Å². The highest BCUT2D eigenvalue weighted by Gasteiger charge is 2.40. The maximum absolute atomic E-state index is 13.3. The second kappa shape index (κ2) is 8.66. The standard InChI is InChI=1S/C21H20ClF3N2O4S/c22-17-9-14-11-31-12-15(14)10-18(17)26-20(28)13-5-7-27(8-6-13)32(29,30)19-4-2-1-3-16(19)21(23,24)25/h1-4,9-10,13H,5-8,11-12H2,(H,26,28). The van der Waals surface area contributed by atoms with Crippen LogP contribution in [0, 0.1) is 5.92 Å². The first-order valence-corrected chi connectivity index (χ1v) is 11.8. The third-order valence-corrected chi connectivity index (χ3v) is 7.97. The van der Waals surface area contributed by atoms with Gasteiger partial charge in [0.05, 0.1) is 34.4 Å². The van der Waals surface area contributed by atoms with Crippen molar-refractivity contribution in [1.29, 1.82) is 0 Å². The van der Waals surface area contributed by atoms with Gasteiger partial charge in [-0.3, -0.25) is 4.79 Å². The third kappa shape index (κ3) is 4.50. The van der Waals surface area contributed by atoms with Gasteiger partial charge in [0.1, 0.15) is 0 Å². The fourth-order valence-electron chi connectivity index (χ4n) is 3.95. The van der Waals surface area contributed by atoms with Crippen molar-refractivity contribution in [1.82, 2.24) is 4.31 Å². The van der Waals surface area contributed by atoms with Crippen LogP contribution >= 0.6 is 11.6 Å². The molecule has 1 saturated heterocycles. The summed E-state index contributed by atoms with van der Waals surface area (Å²) in [5, 5.41) is 3.16. The van der Waals surface area contributed by atoms with Crippen LogP contribution in [0.25, 0.3) is 0 Å². The van der Waals surface area contributed by atoms with Crippen LogP contribution < -0.4 is 5.32 Å². The Labute approximate surface area is 188 Å². The Bertz CT molecular complexity index is 1150. The highest BCUT2D eigenvalue weighted by Crippen LogP contribution is 2.36. The highest BCUT2D eigenvalue weighted by molar-refractivity contribution is 7.89. The summed E-state index contributed by atoms with van der Waals surface area (Å²) >= 11 is 6.24. The first-order chi connectivity index (χ1) is 15.1. The third-order valence-electron chi connectivity index (χ3n) is 5.70. The minimum atomic E-state index is -4.79. The van der Waals surface area contributed by atoms with Gasteiger partial charge in [0.2, 0.25) is 15.9 Å². The Morgan fingerprint density at radius 1 is 1.09 bits per heavy atom. The zero-order chi connectivity index (χ0) is 23.1. The summed E-state index contributed by atoms with van der Waals surface area (Å²) in [4.78, 5) is 11.9. The molecule has 2 aromatic carbocycles. The summed E-state index contributed by atoms with van der Waals surface area (Å²) in [7, 11) is -4.35. The summed E-state index contributed by atoms with van der Waals surface area (Å²) in [5.41, 5.74) is 1.16. The summed E-state index contributed by atoms with van der Waals surface area (Å²) in [6, 6.07) is 7.61. The smallest absolute Gasteiger partial charge is 0.372 e. The summed E-state index contributed by atoms with van der Waals surface area (Å²) in [5.74, 6) is -0.793. The molecule has 2 aliphatic heterocycles. The van der Waals surface area contributed by atoms with Crippen LogP contribution in [0.4, 0.5) is 18.9 Å². The molecule has 2 aromatic rings. The number of rotatable bonds is 4. The van der Waals surface area contributed by atoms with E-state index in [9.17, 15) is 26.4 Å². The number of nitrogens with one attached hydrogen (secondary N) is 1. The molecule has 0 unspecified atom stereocenters. The van der Waals surface area contributed by atoms with Gasteiger partial charge in [0.15, 0.2) is 0 Å². The van der Waals surface area contributed by atoms with E-state index in [0.29, 0.717) is 23.9 Å². The first kappa shape index (κ1) is 23.0. The van der Waals surface area contributed by atoms with Gasteiger partial charge in [-0.2, -0.15) is 17.5 Å². The summed E-state index contributed by atoms with van der Waals surface area (Å²) < 4.78 is 71.9. The molecule has 0 radical (unpaired) electrons. The molecule has 0 aromatic heterocycles. The molecule has 11 heteroatoms. The maximum Gasteiger partial charge on any atom is 0.417 e. The zero-order valence-corrected chi connectivity index (χ0v) is 18.4. The number of ether oxygens (including phenoxy) is 1. The Morgan fingerprint density at radius 2 is 1.72 bits per heavy atom. The Balaban J connectivity index is 1.44. The molecule has 0 bridgehead atoms. The van der Waals surface area contributed by atoms with Crippen molar-refractivity contribution < 1.29 is 31.1 Å². The minimum absolute atomic E-state index is 0.0572. The molecule has 0 spiro atoms. The molecular formula is C21H20ClF3N2O4S. The topological polar surface area (TPSA) is 75.7 Å². The number of halogens is 4. The van der Waals surface area contributed by atoms with Crippen LogP contribution in [0.2, 0.25) is 5.02 Å². The predicted octanol–water partition coefficient (Wildman–Crippen LogP) is 4.43. The molecule has 0 atom stereocenters. The van der Waals surface area contributed by atoms with E-state index in [1.165, 1.54) is 6.07 Å². The average Bonchev–Trinajstić information content (AvgIpc) is 3.20. The van der Waals surface area contributed by atoms with E-state index >= 15 is 0 Å². The lowest BCUT2D eigenvalue weighted by Crippen LogP contribution is -2.41. The molecule has 1 fully saturated rings. The van der Waals surface area contributed by atoms with Crippen LogP contribution in [-0.2, 0) is 38.9 Å². The maximum atomic E-state index is 13.3. The molecule has 172 valence electrons. The number of piperidine rings is 1. The Hall–Kier alpha value is -2.14. The van der Waals surface area contributed by atoms with Gasteiger partial charge >= 0.3 is 6.18 Å². The lowest BCUT2D eigenvalue weighted by atomic mass is 9.97. The monoisotopic (exact) mass is 488 g/mol. The van der Waals surface area contributed by atoms with Crippen molar-refractivity contribution in [3.8, 4) is 0 Å². The first-order valence-electron chi connectivity index (χ1n) is 9.93. The normalized spacial score (nSPS) is 17.9. The number of benzene rings is 2. The molecule has 4 rings (SSSR count). The summed E-state index contributed by atoms with van der Waals surface area (Å²) in [6.45, 7) is 0.787. The molecule has 2 heterocycles. The molecule has 0 saturated carbocycles. The van der Waals surface area contributed by atoms with Crippen LogP contribution in [0.5, 0.6) is 0 Å². The molecule has 1 amide bonds. The number of carbonyl (C=O) groups is 1. The van der Waals surface area contributed by atoms with E-state index in [1.54, 1.807) is 12.1 Å². The average molecular weight is 489 g/mol. The minimum Gasteiger partial charge on any atom is -0.372 e. The number of carbonyl (C=O) groups excluding carboxylic acids is 1. The van der Waals surface area contributed by atoms with Crippen LogP contribution in [0.1, 0.15) is 29.5 Å². The van der Waals surface area contributed by atoms with Gasteiger partial charge in [-0.25, -0.2) is 8.42 Å². The van der Waals surface area contributed by atoms with Crippen molar-refractivity contribution in [3.63, 3.8) is 0 Å². The fraction of sp³-hybridized carbons (Fsp3) is 0.381. The number of sulfonamides is 1. The Morgan fingerprint density at radius 3 is 2.38 bits per heavy atom. The van der Waals surface area contributed by atoms with E-state index < -0.39 is 32.6 Å². The second-order valence-corrected chi connectivity index (χ2v) is 10.1. The number of nitrogens with zero attached hydrogens (tertiary/aromatic N) is 1. The van der Waals surface area contributed by atoms with Gasteiger partial charge in [-0.1, -0.05) is 23.7 Å². The van der Waals surface area contributed by atoms with E-state index in [-0.39, 0.29) is 31.8 Å². The van der Waals surface area contributed by atoms with E-state index in [4.69, 9.17) is 16.3 Å². The van der Waals surface area contributed by atoms with Crippen LogP contribution in [0.15, 0.2) is 41.3 Å². The van der Waals surface area contributed by atoms with E-state index in [1.807, 2.05) is 0 Å². The number of hydrogen-bond donors (Lipinski definition) is 1. The molecule has 1 N–H and O–H groups in total.